The highest BCUT2D eigenvalue weighted by molar-refractivity contribution is 7.85. The van der Waals surface area contributed by atoms with E-state index in [0.717, 1.165) is 22.5 Å². The van der Waals surface area contributed by atoms with Crippen LogP contribution < -0.4 is 9.80 Å². The molecule has 0 saturated heterocycles. The molecule has 0 heterocycles. The highest BCUT2D eigenvalue weighted by atomic mass is 32.2. The molecule has 5 N–H and O–H groups in total. The Hall–Kier alpha value is -3.63. The highest BCUT2D eigenvalue weighted by Gasteiger charge is 2.25. The van der Waals surface area contributed by atoms with E-state index in [1.54, 1.807) is 18.2 Å². The van der Waals surface area contributed by atoms with Crippen molar-refractivity contribution in [3.05, 3.63) is 89.5 Å². The Kier molecular flexibility index (Phi) is 47.5. The molecule has 0 aliphatic carbocycles. The van der Waals surface area contributed by atoms with E-state index in [9.17, 15) is 13.0 Å². The lowest BCUT2D eigenvalue weighted by molar-refractivity contribution is -0.00592. The summed E-state index contributed by atoms with van der Waals surface area (Å²) in [5, 5.41) is 35.3. The molecule has 488 valence electrons. The Balaban J connectivity index is 1.73. The van der Waals surface area contributed by atoms with Crippen LogP contribution in [0.3, 0.4) is 0 Å². The molecule has 0 radical (unpaired) electrons. The topological polar surface area (TPSA) is 289 Å². The van der Waals surface area contributed by atoms with Crippen LogP contribution in [0.1, 0.15) is 22.6 Å². The first-order chi connectivity index (χ1) is 41.8. The molecule has 0 aromatic heterocycles. The lowest BCUT2D eigenvalue weighted by Crippen LogP contribution is -2.31. The van der Waals surface area contributed by atoms with Crippen molar-refractivity contribution >= 4 is 21.5 Å². The van der Waals surface area contributed by atoms with Gasteiger partial charge in [-0.3, -0.25) is 4.55 Å². The van der Waals surface area contributed by atoms with Crippen molar-refractivity contribution in [2.75, 3.05) is 274 Å². The van der Waals surface area contributed by atoms with Gasteiger partial charge in [-0.1, -0.05) is 42.5 Å². The zero-order valence-electron chi connectivity index (χ0n) is 49.7. The van der Waals surface area contributed by atoms with Gasteiger partial charge in [0.1, 0.15) is 0 Å². The summed E-state index contributed by atoms with van der Waals surface area (Å²) in [6.07, 6.45) is 0. The van der Waals surface area contributed by atoms with Gasteiger partial charge in [-0.25, -0.2) is 0 Å². The molecule has 0 spiro atoms. The minimum absolute atomic E-state index is 0.0298. The van der Waals surface area contributed by atoms with Gasteiger partial charge in [-0.05, 0) is 47.0 Å². The zero-order chi connectivity index (χ0) is 60.8. The normalized spacial score (nSPS) is 11.8. The monoisotopic (exact) mass is 1230 g/mol. The summed E-state index contributed by atoms with van der Waals surface area (Å²) in [6.45, 7) is 14.3. The number of benzene rings is 3. The first kappa shape index (κ1) is 75.6. The molecule has 0 aliphatic heterocycles. The second-order valence-corrected chi connectivity index (χ2v) is 19.7. The summed E-state index contributed by atoms with van der Waals surface area (Å²) in [5.74, 6) is -0.605. The predicted octanol–water partition coefficient (Wildman–Crippen LogP) is 1.96. The molecular weight excluding hydrogens is 1140 g/mol. The van der Waals surface area contributed by atoms with Crippen molar-refractivity contribution < 1.29 is 109 Å². The zero-order valence-corrected chi connectivity index (χ0v) is 50.5. The summed E-state index contributed by atoms with van der Waals surface area (Å²) < 4.78 is 126. The van der Waals surface area contributed by atoms with Crippen LogP contribution in [-0.2, 0) is 85.9 Å². The Labute approximate surface area is 503 Å². The molecule has 85 heavy (non-hydrogen) atoms. The first-order valence-electron chi connectivity index (χ1n) is 29.3. The summed E-state index contributed by atoms with van der Waals surface area (Å²) >= 11 is 0. The fourth-order valence-corrected chi connectivity index (χ4v) is 8.74. The van der Waals surface area contributed by atoms with Crippen molar-refractivity contribution in [2.45, 2.75) is 10.8 Å². The molecule has 0 bridgehead atoms. The minimum atomic E-state index is -4.63. The molecule has 0 saturated carbocycles. The number of aliphatic hydroxyl groups is 4. The van der Waals surface area contributed by atoms with Gasteiger partial charge in [0.2, 0.25) is 0 Å². The first-order valence-corrected chi connectivity index (χ1v) is 30.7. The molecule has 3 aromatic rings. The third-order valence-electron chi connectivity index (χ3n) is 12.1. The van der Waals surface area contributed by atoms with Crippen molar-refractivity contribution in [1.82, 2.24) is 0 Å². The van der Waals surface area contributed by atoms with Gasteiger partial charge in [0.15, 0.2) is 0 Å². The highest BCUT2D eigenvalue weighted by Crippen LogP contribution is 2.37. The summed E-state index contributed by atoms with van der Waals surface area (Å²) in [4.78, 5) is 4.10. The maximum Gasteiger partial charge on any atom is 0.294 e. The standard InChI is InChI=1S/C59H98N2O23S/c62-17-25-73-33-41-81-49-45-77-37-29-69-21-13-60(14-22-70-30-38-78-46-50-82-42-34-74-26-18-63)55-9-5-53(6-10-55)59(57-3-1-2-4-58(57)85(66,67)68)54-7-11-56(12-8-54)61(15-23-71-31-39-79-47-51-83-43-35-75-27-19-64)16-24-72-32-40-80-48-52-84-44-36-76-28-20-65/h1-12,59,62-65H,13-52H2,(H,66,67,68). The predicted molar refractivity (Wildman–Crippen MR) is 316 cm³/mol. The molecule has 0 aliphatic rings. The van der Waals surface area contributed by atoms with Crippen LogP contribution in [0.4, 0.5) is 11.4 Å². The van der Waals surface area contributed by atoms with Crippen molar-refractivity contribution in [3.8, 4) is 0 Å². The van der Waals surface area contributed by atoms with Gasteiger partial charge < -0.3 is 106 Å². The van der Waals surface area contributed by atoms with E-state index in [1.807, 2.05) is 48.5 Å². The second-order valence-electron chi connectivity index (χ2n) is 18.3. The molecule has 0 amide bonds. The molecule has 26 heteroatoms. The van der Waals surface area contributed by atoms with E-state index in [4.69, 9.17) is 96.2 Å². The van der Waals surface area contributed by atoms with Gasteiger partial charge in [0, 0.05) is 43.5 Å². The number of rotatable bonds is 62. The third-order valence-corrected chi connectivity index (χ3v) is 13.0. The van der Waals surface area contributed by atoms with Crippen molar-refractivity contribution in [2.24, 2.45) is 0 Å². The largest absolute Gasteiger partial charge is 0.394 e. The maximum atomic E-state index is 13.0. The van der Waals surface area contributed by atoms with Crippen LogP contribution in [0, 0.1) is 0 Å². The molecule has 0 unspecified atom stereocenters. The Morgan fingerprint density at radius 2 is 0.506 bits per heavy atom. The van der Waals surface area contributed by atoms with E-state index < -0.39 is 16.0 Å². The number of nitrogens with zero attached hydrogens (tertiary/aromatic N) is 2. The fraction of sp³-hybridized carbons (Fsp3) is 0.695. The van der Waals surface area contributed by atoms with E-state index in [0.29, 0.717) is 217 Å². The molecule has 25 nitrogen and oxygen atoms in total. The average Bonchev–Trinajstić information content (AvgIpc) is 2.92. The van der Waals surface area contributed by atoms with Crippen LogP contribution in [0.25, 0.3) is 0 Å². The van der Waals surface area contributed by atoms with Crippen molar-refractivity contribution in [3.63, 3.8) is 0 Å². The average molecular weight is 1240 g/mol. The summed E-state index contributed by atoms with van der Waals surface area (Å²) in [5.41, 5.74) is 3.76. The smallest absolute Gasteiger partial charge is 0.294 e. The molecule has 3 rings (SSSR count). The van der Waals surface area contributed by atoms with E-state index in [1.165, 1.54) is 6.07 Å². The number of ether oxygens (including phenoxy) is 16. The Bertz CT molecular complexity index is 1900. The van der Waals surface area contributed by atoms with Gasteiger partial charge >= 0.3 is 0 Å². The van der Waals surface area contributed by atoms with Gasteiger partial charge in [0.05, 0.1) is 243 Å². The molecule has 0 fully saturated rings. The van der Waals surface area contributed by atoms with Gasteiger partial charge in [-0.15, -0.1) is 0 Å². The lowest BCUT2D eigenvalue weighted by atomic mass is 9.85. The SMILES string of the molecule is O=S(=O)(O)c1ccccc1C(c1ccc(N(CCOCCOCCOCCOCCO)CCOCCOCCOCCOCCO)cc1)c1ccc(N(CCOCCOCCOCCOCCO)CCOCCOCCOCCOCCO)cc1. The fourth-order valence-electron chi connectivity index (χ4n) is 8.01. The summed E-state index contributed by atoms with van der Waals surface area (Å²) in [6, 6.07) is 22.3. The van der Waals surface area contributed by atoms with Crippen LogP contribution in [0.5, 0.6) is 0 Å². The van der Waals surface area contributed by atoms with E-state index in [2.05, 4.69) is 9.80 Å². The summed E-state index contributed by atoms with van der Waals surface area (Å²) in [7, 11) is -4.63. The molecular formula is C59H98N2O23S. The van der Waals surface area contributed by atoms with Gasteiger partial charge in [-0.2, -0.15) is 8.42 Å². The minimum Gasteiger partial charge on any atom is -0.394 e. The van der Waals surface area contributed by atoms with Crippen LogP contribution in [-0.4, -0.2) is 297 Å². The Morgan fingerprint density at radius 1 is 0.294 bits per heavy atom. The molecule has 3 aromatic carbocycles. The van der Waals surface area contributed by atoms with E-state index in [-0.39, 0.29) is 57.8 Å². The number of aliphatic hydroxyl groups excluding tert-OH is 4. The Morgan fingerprint density at radius 3 is 0.729 bits per heavy atom. The quantitative estimate of drug-likeness (QED) is 0.0307. The van der Waals surface area contributed by atoms with Gasteiger partial charge in [0.25, 0.3) is 10.1 Å². The lowest BCUT2D eigenvalue weighted by Gasteiger charge is -2.27. The second kappa shape index (κ2) is 53.4. The van der Waals surface area contributed by atoms with Crippen LogP contribution in [0.2, 0.25) is 0 Å². The van der Waals surface area contributed by atoms with Crippen LogP contribution >= 0.6 is 0 Å². The number of hydrogen-bond acceptors (Lipinski definition) is 24. The van der Waals surface area contributed by atoms with Crippen LogP contribution in [0.15, 0.2) is 77.7 Å². The number of anilines is 2. The third kappa shape index (κ3) is 38.4. The maximum absolute atomic E-state index is 13.0. The van der Waals surface area contributed by atoms with E-state index >= 15 is 0 Å². The molecule has 0 atom stereocenters. The number of hydrogen-bond donors (Lipinski definition) is 5. The van der Waals surface area contributed by atoms with Crippen molar-refractivity contribution in [1.29, 1.82) is 0 Å².